The molecule has 9 aromatic rings. The van der Waals surface area contributed by atoms with E-state index in [0.717, 1.165) is 5.92 Å². The average Bonchev–Trinajstić information content (AvgIpc) is 3.83. The third-order valence-corrected chi connectivity index (χ3v) is 18.2. The van der Waals surface area contributed by atoms with Crippen molar-refractivity contribution in [3.05, 3.63) is 209 Å². The van der Waals surface area contributed by atoms with E-state index < -0.39 is 0 Å². The molecule has 2 unspecified atom stereocenters. The van der Waals surface area contributed by atoms with Gasteiger partial charge in [0, 0.05) is 53.5 Å². The van der Waals surface area contributed by atoms with E-state index in [1.54, 1.807) is 11.1 Å². The Morgan fingerprint density at radius 1 is 0.439 bits per heavy atom. The molecular weight excluding hydrogens is 815 g/mol. The summed E-state index contributed by atoms with van der Waals surface area (Å²) in [7, 11) is 0. The molecule has 2 heteroatoms. The van der Waals surface area contributed by atoms with Crippen LogP contribution in [0.5, 0.6) is 0 Å². The molecule has 13 rings (SSSR count). The molecule has 0 N–H and O–H groups in total. The zero-order chi connectivity index (χ0) is 44.5. The molecule has 2 bridgehead atoms. The number of thiophene rings is 1. The monoisotopic (exact) mass is 871 g/mol. The predicted molar refractivity (Wildman–Crippen MR) is 281 cm³/mol. The normalized spacial score (nSPS) is 21.9. The van der Waals surface area contributed by atoms with Crippen molar-refractivity contribution < 1.29 is 0 Å². The van der Waals surface area contributed by atoms with Crippen molar-refractivity contribution in [2.75, 3.05) is 4.90 Å². The third-order valence-electron chi connectivity index (χ3n) is 17.1. The number of fused-ring (bicyclic) bond motifs is 8. The van der Waals surface area contributed by atoms with Gasteiger partial charge in [-0.25, -0.2) is 0 Å². The van der Waals surface area contributed by atoms with E-state index in [1.807, 2.05) is 11.3 Å². The van der Waals surface area contributed by atoms with Gasteiger partial charge in [0.2, 0.25) is 0 Å². The minimum atomic E-state index is -0.151. The van der Waals surface area contributed by atoms with Crippen LogP contribution in [0.3, 0.4) is 0 Å². The van der Waals surface area contributed by atoms with Gasteiger partial charge in [0.25, 0.3) is 0 Å². The second-order valence-corrected chi connectivity index (χ2v) is 22.4. The molecule has 0 radical (unpaired) electrons. The topological polar surface area (TPSA) is 3.24 Å². The lowest BCUT2D eigenvalue weighted by molar-refractivity contribution is 0.0488. The van der Waals surface area contributed by atoms with E-state index in [4.69, 9.17) is 0 Å². The number of hydrogen-bond acceptors (Lipinski definition) is 2. The van der Waals surface area contributed by atoms with Crippen LogP contribution in [0.1, 0.15) is 100 Å². The zero-order valence-corrected chi connectivity index (χ0v) is 39.7. The Kier molecular flexibility index (Phi) is 8.89. The number of benzene rings is 8. The quantitative estimate of drug-likeness (QED) is 0.167. The van der Waals surface area contributed by atoms with Crippen LogP contribution >= 0.6 is 11.3 Å². The highest BCUT2D eigenvalue weighted by atomic mass is 32.1. The first-order valence-electron chi connectivity index (χ1n) is 24.5. The summed E-state index contributed by atoms with van der Waals surface area (Å²) in [6, 6.07) is 67.7. The lowest BCUT2D eigenvalue weighted by Gasteiger charge is -2.60. The van der Waals surface area contributed by atoms with Gasteiger partial charge in [-0.15, -0.1) is 11.3 Å². The van der Waals surface area contributed by atoms with Crippen LogP contribution in [0.15, 0.2) is 176 Å². The first-order chi connectivity index (χ1) is 32.1. The van der Waals surface area contributed by atoms with Crippen molar-refractivity contribution in [2.24, 2.45) is 17.8 Å². The molecule has 2 fully saturated rings. The Labute approximate surface area is 394 Å². The van der Waals surface area contributed by atoms with Crippen LogP contribution in [-0.4, -0.2) is 0 Å². The summed E-state index contributed by atoms with van der Waals surface area (Å²) in [5.41, 5.74) is 20.2. The fourth-order valence-corrected chi connectivity index (χ4v) is 15.4. The van der Waals surface area contributed by atoms with Gasteiger partial charge in [-0.3, -0.25) is 0 Å². The Bertz CT molecular complexity index is 3380. The predicted octanol–water partition coefficient (Wildman–Crippen LogP) is 17.9. The van der Waals surface area contributed by atoms with Crippen LogP contribution < -0.4 is 4.90 Å². The molecule has 2 saturated carbocycles. The number of anilines is 3. The van der Waals surface area contributed by atoms with Gasteiger partial charge in [0.15, 0.2) is 0 Å². The standard InChI is InChI=1S/C64H57NS/c1-40-36-42-16-14-17-43(37-40)64(42)55-25-12-11-24-54(55)63(4,5)58-39-46(33-35-56(58)64)65(45-32-34-50-49-20-8-10-23-53(49)62(2,3)57(50)38-45)44-30-28-41(29-31-44)47-18-6-7-19-48(47)51-22-15-27-60-61(51)52-21-9-13-26-59(52)66-60/h6-13,15,18-35,38-40,42-43H,14,16-17,36-37H2,1-5H3/t40?,42-,43+,64?. The summed E-state index contributed by atoms with van der Waals surface area (Å²) in [6.45, 7) is 12.3. The number of hydrogen-bond donors (Lipinski definition) is 0. The van der Waals surface area contributed by atoms with E-state index in [1.165, 1.54) is 125 Å². The largest absolute Gasteiger partial charge is 0.310 e. The second kappa shape index (κ2) is 14.6. The van der Waals surface area contributed by atoms with Crippen molar-refractivity contribution in [1.29, 1.82) is 0 Å². The fraction of sp³-hybridized carbons (Fsp3) is 0.250. The minimum absolute atomic E-state index is 0.0631. The fourth-order valence-electron chi connectivity index (χ4n) is 14.2. The van der Waals surface area contributed by atoms with E-state index in [2.05, 4.69) is 215 Å². The van der Waals surface area contributed by atoms with Crippen LogP contribution in [-0.2, 0) is 16.2 Å². The molecule has 4 aliphatic rings. The molecule has 1 nitrogen and oxygen atoms in total. The smallest absolute Gasteiger partial charge is 0.0465 e. The molecule has 66 heavy (non-hydrogen) atoms. The van der Waals surface area contributed by atoms with Crippen molar-refractivity contribution in [1.82, 2.24) is 0 Å². The number of rotatable bonds is 5. The van der Waals surface area contributed by atoms with Crippen LogP contribution in [0.2, 0.25) is 0 Å². The van der Waals surface area contributed by atoms with Gasteiger partial charge in [-0.2, -0.15) is 0 Å². The van der Waals surface area contributed by atoms with Gasteiger partial charge in [-0.05, 0) is 159 Å². The Morgan fingerprint density at radius 2 is 0.985 bits per heavy atom. The first-order valence-corrected chi connectivity index (χ1v) is 25.4. The molecule has 0 saturated heterocycles. The molecule has 1 aromatic heterocycles. The van der Waals surface area contributed by atoms with Gasteiger partial charge >= 0.3 is 0 Å². The number of nitrogens with zero attached hydrogens (tertiary/aromatic N) is 1. The van der Waals surface area contributed by atoms with Crippen molar-refractivity contribution in [3.8, 4) is 33.4 Å². The summed E-state index contributed by atoms with van der Waals surface area (Å²) >= 11 is 1.89. The van der Waals surface area contributed by atoms with Crippen LogP contribution in [0, 0.1) is 17.8 Å². The lowest BCUT2D eigenvalue weighted by atomic mass is 9.43. The molecule has 0 amide bonds. The van der Waals surface area contributed by atoms with Crippen molar-refractivity contribution >= 4 is 48.6 Å². The highest BCUT2D eigenvalue weighted by Gasteiger charge is 2.58. The third kappa shape index (κ3) is 5.64. The van der Waals surface area contributed by atoms with Crippen LogP contribution in [0.25, 0.3) is 53.6 Å². The SMILES string of the molecule is CC1C[C@H]2CCC[C@@H](C1)C21c2ccccc2C(C)(C)c2cc(N(c3ccc(-c4ccccc4-c4cccc5sc6ccccc6c45)cc3)c3ccc4c(c3)C(C)(C)c3ccccc3-4)ccc21. The van der Waals surface area contributed by atoms with Gasteiger partial charge in [-0.1, -0.05) is 168 Å². The molecule has 8 aromatic carbocycles. The maximum absolute atomic E-state index is 2.61. The molecule has 0 aliphatic heterocycles. The van der Waals surface area contributed by atoms with E-state index in [0.29, 0.717) is 11.8 Å². The summed E-state index contributed by atoms with van der Waals surface area (Å²) in [4.78, 5) is 2.56. The Balaban J connectivity index is 0.984. The molecule has 324 valence electrons. The first kappa shape index (κ1) is 40.1. The summed E-state index contributed by atoms with van der Waals surface area (Å²) < 4.78 is 2.67. The molecule has 1 heterocycles. The highest BCUT2D eigenvalue weighted by molar-refractivity contribution is 7.25. The molecule has 4 atom stereocenters. The van der Waals surface area contributed by atoms with E-state index >= 15 is 0 Å². The lowest BCUT2D eigenvalue weighted by Crippen LogP contribution is -2.54. The average molecular weight is 872 g/mol. The molecule has 4 aliphatic carbocycles. The van der Waals surface area contributed by atoms with Gasteiger partial charge < -0.3 is 4.90 Å². The summed E-state index contributed by atoms with van der Waals surface area (Å²) in [5.74, 6) is 2.11. The summed E-state index contributed by atoms with van der Waals surface area (Å²) in [5, 5.41) is 2.68. The Hall–Kier alpha value is -6.22. The highest BCUT2D eigenvalue weighted by Crippen LogP contribution is 2.65. The Morgan fingerprint density at radius 3 is 1.76 bits per heavy atom. The van der Waals surface area contributed by atoms with Gasteiger partial charge in [0.1, 0.15) is 0 Å². The van der Waals surface area contributed by atoms with Crippen LogP contribution in [0.4, 0.5) is 17.1 Å². The minimum Gasteiger partial charge on any atom is -0.310 e. The maximum atomic E-state index is 2.61. The van der Waals surface area contributed by atoms with Crippen molar-refractivity contribution in [2.45, 2.75) is 83.0 Å². The summed E-state index contributed by atoms with van der Waals surface area (Å²) in [6.07, 6.45) is 6.65. The molecular formula is C64H57NS. The van der Waals surface area contributed by atoms with E-state index in [-0.39, 0.29) is 16.2 Å². The van der Waals surface area contributed by atoms with Gasteiger partial charge in [0.05, 0.1) is 0 Å². The molecule has 1 spiro atoms. The van der Waals surface area contributed by atoms with E-state index in [9.17, 15) is 0 Å². The zero-order valence-electron chi connectivity index (χ0n) is 38.9. The maximum Gasteiger partial charge on any atom is 0.0465 e. The second-order valence-electron chi connectivity index (χ2n) is 21.3. The van der Waals surface area contributed by atoms with Crippen molar-refractivity contribution in [3.63, 3.8) is 0 Å².